The van der Waals surface area contributed by atoms with Crippen LogP contribution in [0.5, 0.6) is 0 Å². The number of esters is 1. The first-order valence-electron chi connectivity index (χ1n) is 11.0. The molecule has 4 aliphatic rings. The van der Waals surface area contributed by atoms with Gasteiger partial charge in [0.15, 0.2) is 0 Å². The molecule has 0 aliphatic heterocycles. The predicted molar refractivity (Wildman–Crippen MR) is 103 cm³/mol. The molecule has 4 aliphatic carbocycles. The highest BCUT2D eigenvalue weighted by molar-refractivity contribution is 5.69. The van der Waals surface area contributed by atoms with Crippen molar-refractivity contribution in [1.29, 1.82) is 0 Å². The van der Waals surface area contributed by atoms with Crippen molar-refractivity contribution in [1.82, 2.24) is 0 Å². The van der Waals surface area contributed by atoms with Gasteiger partial charge in [-0.15, -0.1) is 0 Å². The van der Waals surface area contributed by atoms with Crippen LogP contribution in [0.2, 0.25) is 0 Å². The van der Waals surface area contributed by atoms with Gasteiger partial charge in [-0.1, -0.05) is 27.7 Å². The van der Waals surface area contributed by atoms with E-state index in [1.54, 1.807) is 0 Å². The Labute approximate surface area is 159 Å². The Morgan fingerprint density at radius 1 is 1.04 bits per heavy atom. The summed E-state index contributed by atoms with van der Waals surface area (Å²) in [5.41, 5.74) is 0.301. The number of carbonyl (C=O) groups is 1. The Balaban J connectivity index is 1.70. The van der Waals surface area contributed by atoms with Gasteiger partial charge in [-0.25, -0.2) is 0 Å². The number of ether oxygens (including phenoxy) is 1. The molecule has 26 heavy (non-hydrogen) atoms. The van der Waals surface area contributed by atoms with Crippen molar-refractivity contribution in [3.63, 3.8) is 0 Å². The Hall–Kier alpha value is -0.570. The van der Waals surface area contributed by atoms with Crippen LogP contribution < -0.4 is 0 Å². The van der Waals surface area contributed by atoms with E-state index in [4.69, 9.17) is 4.74 Å². The second-order valence-corrected chi connectivity index (χ2v) is 11.3. The first-order valence-corrected chi connectivity index (χ1v) is 11.0. The maximum Gasteiger partial charge on any atom is 0.305 e. The quantitative estimate of drug-likeness (QED) is 0.695. The topological polar surface area (TPSA) is 46.5 Å². The number of rotatable bonds is 2. The van der Waals surface area contributed by atoms with E-state index in [1.165, 1.54) is 25.7 Å². The number of fused-ring (bicyclic) bond motifs is 2. The number of aliphatic hydroxyl groups is 1. The molecule has 7 atom stereocenters. The van der Waals surface area contributed by atoms with Gasteiger partial charge in [0.05, 0.1) is 5.60 Å². The van der Waals surface area contributed by atoms with Gasteiger partial charge in [0.2, 0.25) is 0 Å². The summed E-state index contributed by atoms with van der Waals surface area (Å²) in [4.78, 5) is 12.0. The lowest BCUT2D eigenvalue weighted by molar-refractivity contribution is -0.203. The molecular formula is C23H38O3. The van der Waals surface area contributed by atoms with Crippen molar-refractivity contribution in [2.45, 2.75) is 104 Å². The second kappa shape index (κ2) is 5.72. The minimum atomic E-state index is -0.479. The molecule has 0 heterocycles. The summed E-state index contributed by atoms with van der Waals surface area (Å²) in [6.07, 6.45) is 9.67. The van der Waals surface area contributed by atoms with Crippen LogP contribution in [0.1, 0.15) is 92.4 Å². The molecule has 0 aromatic carbocycles. The van der Waals surface area contributed by atoms with Crippen LogP contribution >= 0.6 is 0 Å². The third-order valence-corrected chi connectivity index (χ3v) is 9.56. The lowest BCUT2D eigenvalue weighted by Gasteiger charge is -2.66. The number of hydrogen-bond acceptors (Lipinski definition) is 3. The maximum atomic E-state index is 12.0. The molecule has 0 amide bonds. The van der Waals surface area contributed by atoms with Crippen molar-refractivity contribution in [3.8, 4) is 0 Å². The van der Waals surface area contributed by atoms with Crippen LogP contribution in [-0.4, -0.2) is 22.8 Å². The van der Waals surface area contributed by atoms with Crippen LogP contribution in [0.3, 0.4) is 0 Å². The van der Waals surface area contributed by atoms with Crippen molar-refractivity contribution in [3.05, 3.63) is 0 Å². The Kier molecular flexibility index (Phi) is 4.13. The van der Waals surface area contributed by atoms with Gasteiger partial charge in [-0.2, -0.15) is 0 Å². The van der Waals surface area contributed by atoms with Gasteiger partial charge in [0, 0.05) is 6.42 Å². The molecule has 1 spiro atoms. The SMILES string of the molecule is CCC(=O)O[C@H]1CC(C)(C)[C@@H]2CC[C@H]3C[C@H]4C[C@@]3(CC[C@]4(C)O)[C@@]2(C)C1. The zero-order valence-corrected chi connectivity index (χ0v) is 17.4. The second-order valence-electron chi connectivity index (χ2n) is 11.3. The molecule has 4 fully saturated rings. The Bertz CT molecular complexity index is 594. The van der Waals surface area contributed by atoms with Gasteiger partial charge < -0.3 is 9.84 Å². The average Bonchev–Trinajstić information content (AvgIpc) is 2.89. The molecule has 0 aromatic heterocycles. The summed E-state index contributed by atoms with van der Waals surface area (Å²) in [5, 5.41) is 10.9. The van der Waals surface area contributed by atoms with Crippen molar-refractivity contribution in [2.24, 2.45) is 34.0 Å². The molecule has 0 radical (unpaired) electrons. The average molecular weight is 363 g/mol. The van der Waals surface area contributed by atoms with E-state index >= 15 is 0 Å². The molecule has 0 saturated heterocycles. The lowest BCUT2D eigenvalue weighted by atomic mass is 9.39. The summed E-state index contributed by atoms with van der Waals surface area (Å²) in [6, 6.07) is 0. The van der Waals surface area contributed by atoms with E-state index in [-0.39, 0.29) is 22.9 Å². The summed E-state index contributed by atoms with van der Waals surface area (Å²) in [7, 11) is 0. The molecule has 1 N–H and O–H groups in total. The van der Waals surface area contributed by atoms with Crippen LogP contribution in [0, 0.1) is 34.0 Å². The highest BCUT2D eigenvalue weighted by atomic mass is 16.5. The van der Waals surface area contributed by atoms with Gasteiger partial charge in [0.25, 0.3) is 0 Å². The smallest absolute Gasteiger partial charge is 0.305 e. The van der Waals surface area contributed by atoms with E-state index in [0.717, 1.165) is 31.6 Å². The summed E-state index contributed by atoms with van der Waals surface area (Å²) < 4.78 is 5.93. The minimum absolute atomic E-state index is 0.0476. The van der Waals surface area contributed by atoms with Crippen LogP contribution in [-0.2, 0) is 9.53 Å². The van der Waals surface area contributed by atoms with E-state index in [1.807, 2.05) is 6.92 Å². The summed E-state index contributed by atoms with van der Waals surface area (Å²) in [5.74, 6) is 1.86. The summed E-state index contributed by atoms with van der Waals surface area (Å²) in [6.45, 7) is 11.3. The monoisotopic (exact) mass is 362 g/mol. The zero-order chi connectivity index (χ0) is 19.0. The molecule has 0 unspecified atom stereocenters. The number of hydrogen-bond donors (Lipinski definition) is 1. The van der Waals surface area contributed by atoms with Gasteiger partial charge in [-0.3, -0.25) is 4.79 Å². The van der Waals surface area contributed by atoms with Gasteiger partial charge >= 0.3 is 5.97 Å². The molecule has 4 saturated carbocycles. The van der Waals surface area contributed by atoms with Crippen LogP contribution in [0.15, 0.2) is 0 Å². The summed E-state index contributed by atoms with van der Waals surface area (Å²) >= 11 is 0. The van der Waals surface area contributed by atoms with E-state index in [9.17, 15) is 9.90 Å². The van der Waals surface area contributed by atoms with Crippen molar-refractivity contribution < 1.29 is 14.6 Å². The molecule has 3 nitrogen and oxygen atoms in total. The van der Waals surface area contributed by atoms with E-state index in [2.05, 4.69) is 27.7 Å². The minimum Gasteiger partial charge on any atom is -0.462 e. The normalized spacial score (nSPS) is 52.1. The Morgan fingerprint density at radius 2 is 1.77 bits per heavy atom. The van der Waals surface area contributed by atoms with Crippen molar-refractivity contribution >= 4 is 5.97 Å². The molecule has 148 valence electrons. The molecular weight excluding hydrogens is 324 g/mol. The number of carbonyl (C=O) groups excluding carboxylic acids is 1. The zero-order valence-electron chi connectivity index (χ0n) is 17.4. The highest BCUT2D eigenvalue weighted by Crippen LogP contribution is 2.75. The maximum absolute atomic E-state index is 12.0. The van der Waals surface area contributed by atoms with Crippen molar-refractivity contribution in [2.75, 3.05) is 0 Å². The molecule has 3 heteroatoms. The molecule has 4 rings (SSSR count). The standard InChI is InChI=1S/C23H38O3/c1-6-19(24)26-17-13-20(2,3)18-8-7-15-11-16-12-23(15,21(18,4)14-17)10-9-22(16,5)25/h15-18,25H,6-14H2,1-5H3/t15-,16-,17-,18-,21-,22-,23+/m0/s1. The fourth-order valence-electron chi connectivity index (χ4n) is 8.36. The van der Waals surface area contributed by atoms with Gasteiger partial charge in [0.1, 0.15) is 6.10 Å². The highest BCUT2D eigenvalue weighted by Gasteiger charge is 2.69. The fraction of sp³-hybridized carbons (Fsp3) is 0.957. The van der Waals surface area contributed by atoms with E-state index in [0.29, 0.717) is 23.7 Å². The fourth-order valence-corrected chi connectivity index (χ4v) is 8.36. The van der Waals surface area contributed by atoms with Crippen LogP contribution in [0.25, 0.3) is 0 Å². The predicted octanol–water partition coefficient (Wildman–Crippen LogP) is 5.10. The largest absolute Gasteiger partial charge is 0.462 e. The Morgan fingerprint density at radius 3 is 2.46 bits per heavy atom. The molecule has 0 aromatic rings. The van der Waals surface area contributed by atoms with Crippen LogP contribution in [0.4, 0.5) is 0 Å². The van der Waals surface area contributed by atoms with Gasteiger partial charge in [-0.05, 0) is 92.3 Å². The third-order valence-electron chi connectivity index (χ3n) is 9.56. The third kappa shape index (κ3) is 2.45. The first-order chi connectivity index (χ1) is 12.0. The van der Waals surface area contributed by atoms with E-state index < -0.39 is 5.60 Å². The molecule has 2 bridgehead atoms. The lowest BCUT2D eigenvalue weighted by Crippen LogP contribution is -2.60. The first kappa shape index (κ1) is 18.8.